The molecule has 0 saturated heterocycles. The van der Waals surface area contributed by atoms with Gasteiger partial charge >= 0.3 is 5.69 Å². The van der Waals surface area contributed by atoms with Crippen LogP contribution in [-0.4, -0.2) is 28.0 Å². The lowest BCUT2D eigenvalue weighted by atomic mass is 10.3. The van der Waals surface area contributed by atoms with Crippen LogP contribution in [0.3, 0.4) is 0 Å². The Morgan fingerprint density at radius 3 is 2.30 bits per heavy atom. The van der Waals surface area contributed by atoms with Crippen molar-refractivity contribution >= 4 is 46.2 Å². The van der Waals surface area contributed by atoms with Gasteiger partial charge < -0.3 is 10.2 Å². The zero-order chi connectivity index (χ0) is 17.0. The summed E-state index contributed by atoms with van der Waals surface area (Å²) in [6.45, 7) is 4.99. The van der Waals surface area contributed by atoms with Gasteiger partial charge in [0.2, 0.25) is 11.6 Å². The van der Waals surface area contributed by atoms with Crippen molar-refractivity contribution in [1.82, 2.24) is 9.97 Å². The fraction of sp³-hybridized carbons (Fsp3) is 0.286. The minimum Gasteiger partial charge on any atom is -0.351 e. The van der Waals surface area contributed by atoms with Crippen LogP contribution in [0.15, 0.2) is 24.5 Å². The van der Waals surface area contributed by atoms with E-state index in [1.165, 1.54) is 6.33 Å². The lowest BCUT2D eigenvalue weighted by Crippen LogP contribution is -2.24. The maximum absolute atomic E-state index is 11.5. The maximum atomic E-state index is 11.5. The van der Waals surface area contributed by atoms with Crippen molar-refractivity contribution in [3.63, 3.8) is 0 Å². The second-order valence-electron chi connectivity index (χ2n) is 4.61. The average Bonchev–Trinajstić information content (AvgIpc) is 2.47. The van der Waals surface area contributed by atoms with E-state index in [9.17, 15) is 10.1 Å². The molecule has 0 saturated carbocycles. The number of anilines is 3. The first-order valence-electron chi connectivity index (χ1n) is 6.93. The van der Waals surface area contributed by atoms with Crippen molar-refractivity contribution in [2.75, 3.05) is 23.3 Å². The first-order valence-corrected chi connectivity index (χ1v) is 7.69. The molecule has 122 valence electrons. The number of rotatable bonds is 6. The van der Waals surface area contributed by atoms with E-state index in [4.69, 9.17) is 23.2 Å². The van der Waals surface area contributed by atoms with Gasteiger partial charge in [0.05, 0.1) is 4.92 Å². The van der Waals surface area contributed by atoms with Crippen LogP contribution in [0.2, 0.25) is 10.0 Å². The van der Waals surface area contributed by atoms with Gasteiger partial charge in [-0.25, -0.2) is 9.97 Å². The zero-order valence-electron chi connectivity index (χ0n) is 12.6. The Kier molecular flexibility index (Phi) is 5.57. The SMILES string of the molecule is CCN(CC)c1ncnc(Nc2cc(Cl)cc(Cl)c2)c1[N+](=O)[O-]. The van der Waals surface area contributed by atoms with Crippen molar-refractivity contribution in [3.05, 3.63) is 44.7 Å². The summed E-state index contributed by atoms with van der Waals surface area (Å²) in [6, 6.07) is 4.79. The van der Waals surface area contributed by atoms with Gasteiger partial charge in [0.1, 0.15) is 6.33 Å². The fourth-order valence-corrected chi connectivity index (χ4v) is 2.67. The largest absolute Gasteiger partial charge is 0.353 e. The second kappa shape index (κ2) is 7.43. The van der Waals surface area contributed by atoms with Crippen LogP contribution in [0, 0.1) is 10.1 Å². The van der Waals surface area contributed by atoms with Gasteiger partial charge in [0.15, 0.2) is 0 Å². The maximum Gasteiger partial charge on any atom is 0.353 e. The molecule has 0 aliphatic carbocycles. The van der Waals surface area contributed by atoms with Crippen LogP contribution >= 0.6 is 23.2 Å². The smallest absolute Gasteiger partial charge is 0.351 e. The number of halogens is 2. The molecule has 7 nitrogen and oxygen atoms in total. The summed E-state index contributed by atoms with van der Waals surface area (Å²) < 4.78 is 0. The molecule has 0 aliphatic rings. The molecule has 0 unspecified atom stereocenters. The van der Waals surface area contributed by atoms with Crippen LogP contribution < -0.4 is 10.2 Å². The van der Waals surface area contributed by atoms with Gasteiger partial charge in [-0.1, -0.05) is 23.2 Å². The molecule has 0 amide bonds. The molecule has 0 spiro atoms. The second-order valence-corrected chi connectivity index (χ2v) is 5.48. The normalized spacial score (nSPS) is 10.4. The highest BCUT2D eigenvalue weighted by Crippen LogP contribution is 2.34. The highest BCUT2D eigenvalue weighted by atomic mass is 35.5. The van der Waals surface area contributed by atoms with E-state index >= 15 is 0 Å². The van der Waals surface area contributed by atoms with Crippen molar-refractivity contribution in [2.24, 2.45) is 0 Å². The molecule has 0 aliphatic heterocycles. The monoisotopic (exact) mass is 355 g/mol. The van der Waals surface area contributed by atoms with Crippen LogP contribution in [-0.2, 0) is 0 Å². The fourth-order valence-electron chi connectivity index (χ4n) is 2.15. The predicted molar refractivity (Wildman–Crippen MR) is 92.0 cm³/mol. The van der Waals surface area contributed by atoms with Crippen LogP contribution in [0.4, 0.5) is 23.0 Å². The van der Waals surface area contributed by atoms with Crippen molar-refractivity contribution in [1.29, 1.82) is 0 Å². The molecule has 1 aromatic heterocycles. The number of nitro groups is 1. The number of nitrogens with zero attached hydrogens (tertiary/aromatic N) is 4. The minimum absolute atomic E-state index is 0.0882. The number of hydrogen-bond donors (Lipinski definition) is 1. The minimum atomic E-state index is -0.498. The molecule has 0 bridgehead atoms. The summed E-state index contributed by atoms with van der Waals surface area (Å²) >= 11 is 11.9. The highest BCUT2D eigenvalue weighted by molar-refractivity contribution is 6.35. The third-order valence-corrected chi connectivity index (χ3v) is 3.61. The number of nitrogens with one attached hydrogen (secondary N) is 1. The first-order chi connectivity index (χ1) is 11.0. The Labute approximate surface area is 143 Å². The van der Waals surface area contributed by atoms with Gasteiger partial charge in [0.25, 0.3) is 0 Å². The first kappa shape index (κ1) is 17.2. The van der Waals surface area contributed by atoms with Gasteiger partial charge in [-0.2, -0.15) is 0 Å². The van der Waals surface area contributed by atoms with Crippen LogP contribution in [0.1, 0.15) is 13.8 Å². The standard InChI is InChI=1S/C14H15Cl2N5O2/c1-3-20(4-2)14-12(21(22)23)13(17-8-18-14)19-11-6-9(15)5-10(16)7-11/h5-8H,3-4H2,1-2H3,(H,17,18,19). The molecule has 23 heavy (non-hydrogen) atoms. The summed E-state index contributed by atoms with van der Waals surface area (Å²) in [7, 11) is 0. The number of aromatic nitrogens is 2. The lowest BCUT2D eigenvalue weighted by molar-refractivity contribution is -0.383. The molecule has 9 heteroatoms. The highest BCUT2D eigenvalue weighted by Gasteiger charge is 2.26. The Morgan fingerprint density at radius 2 is 1.78 bits per heavy atom. The van der Waals surface area contributed by atoms with E-state index < -0.39 is 4.92 Å². The summed E-state index contributed by atoms with van der Waals surface area (Å²) in [5, 5.41) is 15.2. The summed E-state index contributed by atoms with van der Waals surface area (Å²) in [5.41, 5.74) is 0.321. The number of hydrogen-bond acceptors (Lipinski definition) is 6. The van der Waals surface area contributed by atoms with Crippen molar-refractivity contribution in [2.45, 2.75) is 13.8 Å². The molecule has 2 rings (SSSR count). The molecule has 1 heterocycles. The Bertz CT molecular complexity index is 702. The average molecular weight is 356 g/mol. The van der Waals surface area contributed by atoms with Crippen LogP contribution in [0.25, 0.3) is 0 Å². The molecule has 1 aromatic carbocycles. The Hall–Kier alpha value is -2.12. The van der Waals surface area contributed by atoms with Gasteiger partial charge in [0, 0.05) is 28.8 Å². The van der Waals surface area contributed by atoms with Crippen LogP contribution in [0.5, 0.6) is 0 Å². The van der Waals surface area contributed by atoms with Gasteiger partial charge in [-0.05, 0) is 32.0 Å². The molecule has 0 atom stereocenters. The van der Waals surface area contributed by atoms with E-state index in [-0.39, 0.29) is 17.3 Å². The predicted octanol–water partition coefficient (Wildman–Crippen LogP) is 4.28. The van der Waals surface area contributed by atoms with Crippen molar-refractivity contribution < 1.29 is 4.92 Å². The topological polar surface area (TPSA) is 84.2 Å². The van der Waals surface area contributed by atoms with E-state index in [1.54, 1.807) is 23.1 Å². The zero-order valence-corrected chi connectivity index (χ0v) is 14.1. The molecular weight excluding hydrogens is 341 g/mol. The lowest BCUT2D eigenvalue weighted by Gasteiger charge is -2.20. The molecule has 2 aromatic rings. The molecular formula is C14H15Cl2N5O2. The summed E-state index contributed by atoms with van der Waals surface area (Å²) in [4.78, 5) is 20.8. The van der Waals surface area contributed by atoms with E-state index in [1.807, 2.05) is 13.8 Å². The van der Waals surface area contributed by atoms with E-state index in [2.05, 4.69) is 15.3 Å². The Balaban J connectivity index is 2.49. The quantitative estimate of drug-likeness (QED) is 0.614. The molecule has 0 radical (unpaired) electrons. The Morgan fingerprint density at radius 1 is 1.17 bits per heavy atom. The van der Waals surface area contributed by atoms with Gasteiger partial charge in [-0.3, -0.25) is 10.1 Å². The number of benzene rings is 1. The third-order valence-electron chi connectivity index (χ3n) is 3.17. The van der Waals surface area contributed by atoms with E-state index in [0.717, 1.165) is 0 Å². The van der Waals surface area contributed by atoms with Gasteiger partial charge in [-0.15, -0.1) is 0 Å². The van der Waals surface area contributed by atoms with E-state index in [0.29, 0.717) is 28.8 Å². The summed E-state index contributed by atoms with van der Waals surface area (Å²) in [5.74, 6) is 0.357. The third kappa shape index (κ3) is 4.00. The molecule has 0 fully saturated rings. The molecule has 1 N–H and O–H groups in total. The van der Waals surface area contributed by atoms with Crippen molar-refractivity contribution in [3.8, 4) is 0 Å². The summed E-state index contributed by atoms with van der Waals surface area (Å²) in [6.07, 6.45) is 1.29.